The summed E-state index contributed by atoms with van der Waals surface area (Å²) in [4.78, 5) is 11.6. The minimum absolute atomic E-state index is 0.380. The van der Waals surface area contributed by atoms with Gasteiger partial charge in [0.2, 0.25) is 0 Å². The number of hydrogen-bond acceptors (Lipinski definition) is 4. The number of ether oxygens (including phenoxy) is 1. The first kappa shape index (κ1) is 15.5. The van der Waals surface area contributed by atoms with E-state index < -0.39 is 23.8 Å². The number of alkyl carbamates (subject to hydrolysis) is 1. The highest BCUT2D eigenvalue weighted by molar-refractivity contribution is 5.68. The number of carbonyl (C=O) groups is 1. The lowest BCUT2D eigenvalue weighted by molar-refractivity contribution is 0.0350. The second-order valence-electron chi connectivity index (χ2n) is 5.29. The largest absolute Gasteiger partial charge is 0.444 e. The van der Waals surface area contributed by atoms with Crippen molar-refractivity contribution in [1.82, 2.24) is 5.32 Å². The number of amides is 1. The third-order valence-electron chi connectivity index (χ3n) is 2.42. The molecule has 5 nitrogen and oxygen atoms in total. The van der Waals surface area contributed by atoms with Crippen molar-refractivity contribution in [2.24, 2.45) is 0 Å². The van der Waals surface area contributed by atoms with Gasteiger partial charge in [-0.1, -0.05) is 30.3 Å². The summed E-state index contributed by atoms with van der Waals surface area (Å²) in [5.41, 5.74) is -0.000440. The van der Waals surface area contributed by atoms with Crippen molar-refractivity contribution in [1.29, 1.82) is 0 Å². The summed E-state index contributed by atoms with van der Waals surface area (Å²) in [6.45, 7) is 4.85. The van der Waals surface area contributed by atoms with Crippen LogP contribution in [0.1, 0.15) is 32.4 Å². The van der Waals surface area contributed by atoms with Crippen molar-refractivity contribution in [2.45, 2.75) is 38.5 Å². The molecule has 0 aliphatic heterocycles. The van der Waals surface area contributed by atoms with E-state index in [4.69, 9.17) is 4.74 Å². The second kappa shape index (κ2) is 6.54. The summed E-state index contributed by atoms with van der Waals surface area (Å²) >= 11 is 0. The predicted molar refractivity (Wildman–Crippen MR) is 71.6 cm³/mol. The molecule has 1 aromatic carbocycles. The van der Waals surface area contributed by atoms with Crippen molar-refractivity contribution in [3.8, 4) is 0 Å². The molecule has 0 saturated heterocycles. The number of carbonyl (C=O) groups excluding carboxylic acids is 1. The quantitative estimate of drug-likeness (QED) is 0.774. The van der Waals surface area contributed by atoms with Crippen LogP contribution in [0.3, 0.4) is 0 Å². The predicted octanol–water partition coefficient (Wildman–Crippen LogP) is 1.61. The van der Waals surface area contributed by atoms with Gasteiger partial charge in [-0.2, -0.15) is 0 Å². The average Bonchev–Trinajstić information content (AvgIpc) is 2.34. The zero-order valence-corrected chi connectivity index (χ0v) is 11.5. The zero-order chi connectivity index (χ0) is 14.5. The normalized spacial score (nSPS) is 14.6. The van der Waals surface area contributed by atoms with Crippen LogP contribution in [0.4, 0.5) is 4.79 Å². The average molecular weight is 267 g/mol. The van der Waals surface area contributed by atoms with Crippen LogP contribution in [-0.2, 0) is 4.74 Å². The lowest BCUT2D eigenvalue weighted by atomic mass is 10.0. The molecule has 0 radical (unpaired) electrons. The minimum atomic E-state index is -0.987. The van der Waals surface area contributed by atoms with Gasteiger partial charge in [0.15, 0.2) is 0 Å². The third-order valence-corrected chi connectivity index (χ3v) is 2.42. The first-order valence-corrected chi connectivity index (χ1v) is 6.17. The highest BCUT2D eigenvalue weighted by Gasteiger charge is 2.24. The fourth-order valence-corrected chi connectivity index (χ4v) is 1.57. The van der Waals surface area contributed by atoms with Crippen LogP contribution >= 0.6 is 0 Å². The number of aliphatic hydroxyl groups is 2. The van der Waals surface area contributed by atoms with E-state index in [2.05, 4.69) is 5.32 Å². The Kier molecular flexibility index (Phi) is 5.32. The monoisotopic (exact) mass is 267 g/mol. The third kappa shape index (κ3) is 5.28. The van der Waals surface area contributed by atoms with Crippen LogP contribution in [0.25, 0.3) is 0 Å². The molecule has 0 fully saturated rings. The molecule has 0 aliphatic rings. The van der Waals surface area contributed by atoms with Gasteiger partial charge in [0, 0.05) is 0 Å². The summed E-state index contributed by atoms with van der Waals surface area (Å²) in [5.74, 6) is 0. The van der Waals surface area contributed by atoms with Crippen molar-refractivity contribution < 1.29 is 19.7 Å². The van der Waals surface area contributed by atoms with E-state index >= 15 is 0 Å². The lowest BCUT2D eigenvalue weighted by Gasteiger charge is -2.25. The molecular formula is C14H21NO4. The van der Waals surface area contributed by atoms with E-state index in [0.29, 0.717) is 5.56 Å². The molecule has 0 spiro atoms. The van der Waals surface area contributed by atoms with Crippen molar-refractivity contribution in [3.63, 3.8) is 0 Å². The van der Waals surface area contributed by atoms with Crippen LogP contribution < -0.4 is 5.32 Å². The number of aliphatic hydroxyl groups excluding tert-OH is 2. The number of rotatable bonds is 4. The molecule has 0 unspecified atom stereocenters. The molecule has 2 atom stereocenters. The zero-order valence-electron chi connectivity index (χ0n) is 11.5. The topological polar surface area (TPSA) is 78.8 Å². The van der Waals surface area contributed by atoms with Gasteiger partial charge in [-0.25, -0.2) is 4.79 Å². The second-order valence-corrected chi connectivity index (χ2v) is 5.29. The molecule has 0 bridgehead atoms. The standard InChI is InChI=1S/C14H21NO4/c1-14(2,3)19-13(18)15-11(9-16)12(17)10-7-5-4-6-8-10/h4-8,11-12,16-17H,9H2,1-3H3,(H,15,18)/t11-,12+/m1/s1. The van der Waals surface area contributed by atoms with Crippen LogP contribution in [0.15, 0.2) is 30.3 Å². The molecule has 0 aromatic heterocycles. The summed E-state index contributed by atoms with van der Waals surface area (Å²) in [6.07, 6.45) is -1.65. The van der Waals surface area contributed by atoms with Gasteiger partial charge < -0.3 is 20.3 Å². The maximum Gasteiger partial charge on any atom is 0.408 e. The molecular weight excluding hydrogens is 246 g/mol. The SMILES string of the molecule is CC(C)(C)OC(=O)N[C@H](CO)[C@@H](O)c1ccccc1. The Labute approximate surface area is 113 Å². The van der Waals surface area contributed by atoms with Gasteiger partial charge in [-0.15, -0.1) is 0 Å². The maximum atomic E-state index is 11.6. The van der Waals surface area contributed by atoms with Crippen molar-refractivity contribution in [2.75, 3.05) is 6.61 Å². The van der Waals surface area contributed by atoms with Gasteiger partial charge in [0.1, 0.15) is 11.7 Å². The summed E-state index contributed by atoms with van der Waals surface area (Å²) in [5, 5.41) is 21.8. The van der Waals surface area contributed by atoms with E-state index in [1.54, 1.807) is 45.0 Å². The Morgan fingerprint density at radius 1 is 1.32 bits per heavy atom. The number of benzene rings is 1. The number of nitrogens with one attached hydrogen (secondary N) is 1. The molecule has 1 rings (SSSR count). The summed E-state index contributed by atoms with van der Waals surface area (Å²) < 4.78 is 5.08. The molecule has 106 valence electrons. The fourth-order valence-electron chi connectivity index (χ4n) is 1.57. The minimum Gasteiger partial charge on any atom is -0.444 e. The van der Waals surface area contributed by atoms with Crippen molar-refractivity contribution in [3.05, 3.63) is 35.9 Å². The van der Waals surface area contributed by atoms with Gasteiger partial charge in [-0.3, -0.25) is 0 Å². The Morgan fingerprint density at radius 2 is 1.89 bits per heavy atom. The molecule has 0 heterocycles. The summed E-state index contributed by atoms with van der Waals surface area (Å²) in [6, 6.07) is 8.03. The molecule has 3 N–H and O–H groups in total. The first-order valence-electron chi connectivity index (χ1n) is 6.17. The summed E-state index contributed by atoms with van der Waals surface area (Å²) in [7, 11) is 0. The Bertz CT molecular complexity index is 400. The van der Waals surface area contributed by atoms with E-state index in [1.807, 2.05) is 6.07 Å². The molecule has 0 aliphatic carbocycles. The van der Waals surface area contributed by atoms with Crippen LogP contribution in [0.5, 0.6) is 0 Å². The van der Waals surface area contributed by atoms with Crippen LogP contribution in [0.2, 0.25) is 0 Å². The lowest BCUT2D eigenvalue weighted by Crippen LogP contribution is -2.44. The Morgan fingerprint density at radius 3 is 2.37 bits per heavy atom. The van der Waals surface area contributed by atoms with E-state index in [0.717, 1.165) is 0 Å². The van der Waals surface area contributed by atoms with Crippen molar-refractivity contribution >= 4 is 6.09 Å². The Hall–Kier alpha value is -1.59. The molecule has 1 amide bonds. The highest BCUT2D eigenvalue weighted by atomic mass is 16.6. The highest BCUT2D eigenvalue weighted by Crippen LogP contribution is 2.17. The number of hydrogen-bond donors (Lipinski definition) is 3. The maximum absolute atomic E-state index is 11.6. The molecule has 1 aromatic rings. The van der Waals surface area contributed by atoms with E-state index in [1.165, 1.54) is 0 Å². The van der Waals surface area contributed by atoms with E-state index in [9.17, 15) is 15.0 Å². The first-order chi connectivity index (χ1) is 8.83. The van der Waals surface area contributed by atoms with Crippen LogP contribution in [0, 0.1) is 0 Å². The molecule has 5 heteroatoms. The van der Waals surface area contributed by atoms with Gasteiger partial charge in [0.25, 0.3) is 0 Å². The van der Waals surface area contributed by atoms with Gasteiger partial charge >= 0.3 is 6.09 Å². The Balaban J connectivity index is 2.66. The molecule has 19 heavy (non-hydrogen) atoms. The smallest absolute Gasteiger partial charge is 0.408 e. The fraction of sp³-hybridized carbons (Fsp3) is 0.500. The van der Waals surface area contributed by atoms with Gasteiger partial charge in [-0.05, 0) is 26.3 Å². The van der Waals surface area contributed by atoms with E-state index in [-0.39, 0.29) is 6.61 Å². The van der Waals surface area contributed by atoms with Crippen LogP contribution in [-0.4, -0.2) is 34.6 Å². The van der Waals surface area contributed by atoms with Gasteiger partial charge in [0.05, 0.1) is 12.6 Å². The molecule has 0 saturated carbocycles.